The molecule has 6 heteroatoms. The number of methoxy groups -OCH3 is 1. The van der Waals surface area contributed by atoms with Crippen molar-refractivity contribution in [1.82, 2.24) is 5.32 Å². The molecule has 0 fully saturated rings. The summed E-state index contributed by atoms with van der Waals surface area (Å²) in [5, 5.41) is 12.9. The monoisotopic (exact) mass is 343 g/mol. The molecule has 2 N–H and O–H groups in total. The van der Waals surface area contributed by atoms with Crippen LogP contribution in [-0.2, 0) is 6.42 Å². The predicted octanol–water partition coefficient (Wildman–Crippen LogP) is 2.58. The first kappa shape index (κ1) is 17.2. The summed E-state index contributed by atoms with van der Waals surface area (Å²) in [6.07, 6.45) is 1.06. The lowest BCUT2D eigenvalue weighted by Crippen LogP contribution is -2.28. The van der Waals surface area contributed by atoms with Crippen molar-refractivity contribution < 1.29 is 23.8 Å². The molecule has 0 saturated carbocycles. The summed E-state index contributed by atoms with van der Waals surface area (Å²) >= 11 is 0. The number of hydrogen-bond donors (Lipinski definition) is 2. The number of aliphatic hydroxyl groups excluding tert-OH is 1. The van der Waals surface area contributed by atoms with E-state index in [0.29, 0.717) is 41.0 Å². The first-order valence-electron chi connectivity index (χ1n) is 8.27. The molecule has 0 radical (unpaired) electrons. The molecule has 1 aromatic carbocycles. The smallest absolute Gasteiger partial charge is 0.287 e. The van der Waals surface area contributed by atoms with Gasteiger partial charge in [0.15, 0.2) is 11.5 Å². The van der Waals surface area contributed by atoms with Gasteiger partial charge in [0.1, 0.15) is 11.5 Å². The van der Waals surface area contributed by atoms with Crippen LogP contribution in [0.4, 0.5) is 0 Å². The van der Waals surface area contributed by atoms with Crippen LogP contribution in [0.3, 0.4) is 0 Å². The van der Waals surface area contributed by atoms with Crippen LogP contribution in [0.2, 0.25) is 0 Å². The number of Topliss-reactive ketones (excluding diaryl/α,β-unsaturated/α-hetero) is 1. The minimum absolute atomic E-state index is 0.0276. The van der Waals surface area contributed by atoms with E-state index >= 15 is 0 Å². The molecule has 0 spiro atoms. The number of rotatable bonds is 5. The van der Waals surface area contributed by atoms with Crippen molar-refractivity contribution in [2.24, 2.45) is 0 Å². The fourth-order valence-electron chi connectivity index (χ4n) is 3.08. The number of carbonyl (C=O) groups excluding carboxylic acids is 2. The van der Waals surface area contributed by atoms with E-state index in [1.54, 1.807) is 38.3 Å². The predicted molar refractivity (Wildman–Crippen MR) is 91.0 cm³/mol. The van der Waals surface area contributed by atoms with E-state index in [2.05, 4.69) is 5.32 Å². The minimum Gasteiger partial charge on any atom is -0.497 e. The number of furan rings is 1. The van der Waals surface area contributed by atoms with Crippen LogP contribution in [0.5, 0.6) is 5.75 Å². The molecule has 0 aliphatic heterocycles. The van der Waals surface area contributed by atoms with E-state index < -0.39 is 12.0 Å². The highest BCUT2D eigenvalue weighted by atomic mass is 16.5. The molecule has 1 unspecified atom stereocenters. The first-order valence-corrected chi connectivity index (χ1v) is 8.27. The zero-order valence-corrected chi connectivity index (χ0v) is 14.3. The van der Waals surface area contributed by atoms with E-state index in [0.717, 1.165) is 6.42 Å². The lowest BCUT2D eigenvalue weighted by Gasteiger charge is -2.12. The average Bonchev–Trinajstić information content (AvgIpc) is 2.97. The highest BCUT2D eigenvalue weighted by Gasteiger charge is 2.28. The second-order valence-corrected chi connectivity index (χ2v) is 6.13. The number of ether oxygens (including phenoxy) is 1. The van der Waals surface area contributed by atoms with Crippen molar-refractivity contribution in [2.45, 2.75) is 32.3 Å². The summed E-state index contributed by atoms with van der Waals surface area (Å²) in [6.45, 7) is 1.77. The standard InChI is InChI=1S/C19H21NO5/c1-11-17-14(21)4-3-5-16(17)25-18(11)19(23)20-10-15(22)12-6-8-13(24-2)9-7-12/h6-9,15,22H,3-5,10H2,1-2H3,(H,20,23). The summed E-state index contributed by atoms with van der Waals surface area (Å²) in [5.41, 5.74) is 1.80. The molecule has 132 valence electrons. The van der Waals surface area contributed by atoms with Crippen molar-refractivity contribution in [3.63, 3.8) is 0 Å². The van der Waals surface area contributed by atoms with Crippen LogP contribution in [0.25, 0.3) is 0 Å². The molecule has 25 heavy (non-hydrogen) atoms. The number of aryl methyl sites for hydroxylation is 1. The van der Waals surface area contributed by atoms with Gasteiger partial charge in [-0.25, -0.2) is 0 Å². The zero-order valence-electron chi connectivity index (χ0n) is 14.3. The van der Waals surface area contributed by atoms with Gasteiger partial charge in [0.05, 0.1) is 18.8 Å². The quantitative estimate of drug-likeness (QED) is 0.871. The Kier molecular flexibility index (Phi) is 4.90. The molecule has 1 amide bonds. The molecule has 0 bridgehead atoms. The van der Waals surface area contributed by atoms with E-state index in [1.807, 2.05) is 0 Å². The van der Waals surface area contributed by atoms with Crippen molar-refractivity contribution in [2.75, 3.05) is 13.7 Å². The van der Waals surface area contributed by atoms with Gasteiger partial charge in [0.2, 0.25) is 0 Å². The Balaban J connectivity index is 1.67. The van der Waals surface area contributed by atoms with Gasteiger partial charge in [-0.05, 0) is 31.0 Å². The molecular weight excluding hydrogens is 322 g/mol. The summed E-state index contributed by atoms with van der Waals surface area (Å²) in [4.78, 5) is 24.4. The van der Waals surface area contributed by atoms with Crippen molar-refractivity contribution in [3.8, 4) is 5.75 Å². The van der Waals surface area contributed by atoms with Crippen LogP contribution in [0.1, 0.15) is 56.7 Å². The number of aliphatic hydroxyl groups is 1. The lowest BCUT2D eigenvalue weighted by molar-refractivity contribution is 0.0884. The maximum absolute atomic E-state index is 12.4. The third kappa shape index (κ3) is 3.44. The summed E-state index contributed by atoms with van der Waals surface area (Å²) in [6, 6.07) is 6.98. The molecule has 2 aromatic rings. The van der Waals surface area contributed by atoms with E-state index in [9.17, 15) is 14.7 Å². The Hall–Kier alpha value is -2.60. The van der Waals surface area contributed by atoms with E-state index in [-0.39, 0.29) is 18.1 Å². The number of nitrogens with one attached hydrogen (secondary N) is 1. The summed E-state index contributed by atoms with van der Waals surface area (Å²) < 4.78 is 10.7. The SMILES string of the molecule is COc1ccc(C(O)CNC(=O)c2oc3c(c2C)C(=O)CCC3)cc1. The minimum atomic E-state index is -0.846. The Morgan fingerprint density at radius 1 is 1.32 bits per heavy atom. The van der Waals surface area contributed by atoms with Crippen molar-refractivity contribution >= 4 is 11.7 Å². The number of ketones is 1. The van der Waals surface area contributed by atoms with Crippen LogP contribution >= 0.6 is 0 Å². The molecule has 0 saturated heterocycles. The topological polar surface area (TPSA) is 88.8 Å². The Bertz CT molecular complexity index is 791. The second kappa shape index (κ2) is 7.11. The van der Waals surface area contributed by atoms with Gasteiger partial charge in [-0.3, -0.25) is 9.59 Å². The van der Waals surface area contributed by atoms with Gasteiger partial charge in [-0.1, -0.05) is 12.1 Å². The van der Waals surface area contributed by atoms with Gasteiger partial charge >= 0.3 is 0 Å². The Morgan fingerprint density at radius 3 is 2.68 bits per heavy atom. The Morgan fingerprint density at radius 2 is 2.04 bits per heavy atom. The molecule has 1 atom stereocenters. The van der Waals surface area contributed by atoms with Gasteiger partial charge in [0, 0.05) is 24.9 Å². The largest absolute Gasteiger partial charge is 0.497 e. The maximum atomic E-state index is 12.4. The fourth-order valence-corrected chi connectivity index (χ4v) is 3.08. The third-order valence-corrected chi connectivity index (χ3v) is 4.47. The maximum Gasteiger partial charge on any atom is 0.287 e. The zero-order chi connectivity index (χ0) is 18.0. The highest BCUT2D eigenvalue weighted by molar-refractivity contribution is 6.03. The fraction of sp³-hybridized carbons (Fsp3) is 0.368. The van der Waals surface area contributed by atoms with Gasteiger partial charge < -0.3 is 19.6 Å². The normalized spacial score (nSPS) is 14.8. The summed E-state index contributed by atoms with van der Waals surface area (Å²) in [5.74, 6) is 1.05. The number of benzene rings is 1. The lowest BCUT2D eigenvalue weighted by atomic mass is 9.94. The Labute approximate surface area is 145 Å². The van der Waals surface area contributed by atoms with Crippen LogP contribution < -0.4 is 10.1 Å². The van der Waals surface area contributed by atoms with Crippen LogP contribution in [0.15, 0.2) is 28.7 Å². The summed E-state index contributed by atoms with van der Waals surface area (Å²) in [7, 11) is 1.57. The van der Waals surface area contributed by atoms with Gasteiger partial charge in [-0.2, -0.15) is 0 Å². The molecule has 1 aliphatic rings. The van der Waals surface area contributed by atoms with Crippen LogP contribution in [0, 0.1) is 6.92 Å². The number of carbonyl (C=O) groups is 2. The number of amides is 1. The third-order valence-electron chi connectivity index (χ3n) is 4.47. The molecular formula is C19H21NO5. The van der Waals surface area contributed by atoms with Crippen molar-refractivity contribution in [3.05, 3.63) is 52.5 Å². The van der Waals surface area contributed by atoms with Gasteiger partial charge in [0.25, 0.3) is 5.91 Å². The average molecular weight is 343 g/mol. The van der Waals surface area contributed by atoms with Gasteiger partial charge in [-0.15, -0.1) is 0 Å². The molecule has 1 aliphatic carbocycles. The van der Waals surface area contributed by atoms with E-state index in [1.165, 1.54) is 0 Å². The molecule has 1 aromatic heterocycles. The molecule has 1 heterocycles. The number of hydrogen-bond acceptors (Lipinski definition) is 5. The molecule has 3 rings (SSSR count). The van der Waals surface area contributed by atoms with E-state index in [4.69, 9.17) is 9.15 Å². The van der Waals surface area contributed by atoms with Crippen LogP contribution in [-0.4, -0.2) is 30.5 Å². The number of fused-ring (bicyclic) bond motifs is 1. The molecule has 6 nitrogen and oxygen atoms in total. The first-order chi connectivity index (χ1) is 12.0. The van der Waals surface area contributed by atoms with Crippen molar-refractivity contribution in [1.29, 1.82) is 0 Å². The second-order valence-electron chi connectivity index (χ2n) is 6.13. The highest BCUT2D eigenvalue weighted by Crippen LogP contribution is 2.29.